The van der Waals surface area contributed by atoms with E-state index in [1.165, 1.54) is 4.88 Å². The highest BCUT2D eigenvalue weighted by Crippen LogP contribution is 2.29. The average molecular weight is 344 g/mol. The van der Waals surface area contributed by atoms with Crippen molar-refractivity contribution in [2.24, 2.45) is 0 Å². The predicted octanol–water partition coefficient (Wildman–Crippen LogP) is 2.25. The number of pyridine rings is 1. The summed E-state index contributed by atoms with van der Waals surface area (Å²) < 4.78 is 0. The van der Waals surface area contributed by atoms with Crippen LogP contribution in [-0.4, -0.2) is 60.0 Å². The molecule has 1 N–H and O–H groups in total. The van der Waals surface area contributed by atoms with Crippen molar-refractivity contribution in [2.45, 2.75) is 19.0 Å². The van der Waals surface area contributed by atoms with Gasteiger partial charge in [-0.25, -0.2) is 0 Å². The summed E-state index contributed by atoms with van der Waals surface area (Å²) in [6.45, 7) is 6.26. The summed E-state index contributed by atoms with van der Waals surface area (Å²) in [5.74, 6) is -0.0636. The number of nitrogens with zero attached hydrogens (tertiary/aromatic N) is 3. The number of thiophene rings is 1. The average Bonchev–Trinajstić information content (AvgIpc) is 3.11. The molecule has 2 atom stereocenters. The normalized spacial score (nSPS) is 18.9. The topological polar surface area (TPSA) is 48.5 Å². The quantitative estimate of drug-likeness (QED) is 0.904. The molecule has 0 saturated carbocycles. The molecule has 0 bridgehead atoms. The second-order valence-electron chi connectivity index (χ2n) is 6.30. The Morgan fingerprint density at radius 3 is 2.67 bits per heavy atom. The maximum atomic E-state index is 12.5. The van der Waals surface area contributed by atoms with E-state index in [0.717, 1.165) is 26.2 Å². The second kappa shape index (κ2) is 7.88. The lowest BCUT2D eigenvalue weighted by atomic mass is 10.0. The van der Waals surface area contributed by atoms with Crippen molar-refractivity contribution in [3.63, 3.8) is 0 Å². The van der Waals surface area contributed by atoms with Gasteiger partial charge in [-0.15, -0.1) is 11.3 Å². The fourth-order valence-electron chi connectivity index (χ4n) is 3.17. The predicted molar refractivity (Wildman–Crippen MR) is 97.3 cm³/mol. The Morgan fingerprint density at radius 2 is 2.04 bits per heavy atom. The van der Waals surface area contributed by atoms with E-state index in [4.69, 9.17) is 0 Å². The number of aromatic nitrogens is 1. The minimum Gasteiger partial charge on any atom is -0.348 e. The number of hydrogen-bond acceptors (Lipinski definition) is 5. The van der Waals surface area contributed by atoms with Gasteiger partial charge in [-0.05, 0) is 37.6 Å². The first-order valence-corrected chi connectivity index (χ1v) is 9.20. The Bertz CT molecular complexity index is 638. The third-order valence-corrected chi connectivity index (χ3v) is 5.47. The van der Waals surface area contributed by atoms with E-state index in [2.05, 4.69) is 51.6 Å². The molecule has 2 aromatic heterocycles. The van der Waals surface area contributed by atoms with Crippen LogP contribution in [0.3, 0.4) is 0 Å². The molecule has 24 heavy (non-hydrogen) atoms. The zero-order valence-electron chi connectivity index (χ0n) is 14.2. The number of nitrogens with one attached hydrogen (secondary N) is 1. The molecule has 128 valence electrons. The standard InChI is InChI=1S/C18H24N4OS/c1-14(20-18(23)15-5-3-7-19-13-15)17(16-6-4-12-24-16)22-10-8-21(2)9-11-22/h3-7,12-14,17H,8-11H2,1-2H3,(H,20,23)/t14-,17+/m0/s1. The minimum atomic E-state index is -0.0636. The molecule has 1 aliphatic rings. The van der Waals surface area contributed by atoms with Crippen LogP contribution in [0.25, 0.3) is 0 Å². The van der Waals surface area contributed by atoms with Crippen LogP contribution in [0, 0.1) is 0 Å². The lowest BCUT2D eigenvalue weighted by Gasteiger charge is -2.40. The van der Waals surface area contributed by atoms with Gasteiger partial charge in [0.05, 0.1) is 11.6 Å². The first-order valence-electron chi connectivity index (χ1n) is 8.32. The molecule has 0 aromatic carbocycles. The van der Waals surface area contributed by atoms with Gasteiger partial charge in [-0.3, -0.25) is 14.7 Å². The number of piperazine rings is 1. The van der Waals surface area contributed by atoms with E-state index in [-0.39, 0.29) is 18.0 Å². The van der Waals surface area contributed by atoms with Crippen molar-refractivity contribution < 1.29 is 4.79 Å². The van der Waals surface area contributed by atoms with E-state index in [1.807, 2.05) is 0 Å². The summed E-state index contributed by atoms with van der Waals surface area (Å²) >= 11 is 1.76. The van der Waals surface area contributed by atoms with Crippen molar-refractivity contribution in [3.05, 3.63) is 52.5 Å². The SMILES string of the molecule is C[C@H](NC(=O)c1cccnc1)[C@H](c1cccs1)N1CCN(C)CC1. The fourth-order valence-corrected chi connectivity index (χ4v) is 4.13. The number of carbonyl (C=O) groups is 1. The summed E-state index contributed by atoms with van der Waals surface area (Å²) in [6, 6.07) is 8.07. The molecule has 6 heteroatoms. The maximum Gasteiger partial charge on any atom is 0.253 e. The lowest BCUT2D eigenvalue weighted by Crippen LogP contribution is -2.51. The molecule has 2 aromatic rings. The van der Waals surface area contributed by atoms with E-state index in [9.17, 15) is 4.79 Å². The van der Waals surface area contributed by atoms with Crippen LogP contribution in [0.1, 0.15) is 28.2 Å². The van der Waals surface area contributed by atoms with Crippen molar-refractivity contribution in [1.29, 1.82) is 0 Å². The van der Waals surface area contributed by atoms with Crippen LogP contribution < -0.4 is 5.32 Å². The van der Waals surface area contributed by atoms with Gasteiger partial charge in [-0.2, -0.15) is 0 Å². The van der Waals surface area contributed by atoms with Crippen LogP contribution in [0.4, 0.5) is 0 Å². The highest BCUT2D eigenvalue weighted by molar-refractivity contribution is 7.10. The lowest BCUT2D eigenvalue weighted by molar-refractivity contribution is 0.0799. The highest BCUT2D eigenvalue weighted by atomic mass is 32.1. The minimum absolute atomic E-state index is 0.0276. The third-order valence-electron chi connectivity index (χ3n) is 4.52. The molecule has 1 fully saturated rings. The summed E-state index contributed by atoms with van der Waals surface area (Å²) in [5, 5.41) is 5.27. The zero-order valence-corrected chi connectivity index (χ0v) is 15.0. The number of likely N-dealkylation sites (N-methyl/N-ethyl adjacent to an activating group) is 1. The molecule has 1 aliphatic heterocycles. The summed E-state index contributed by atoms with van der Waals surface area (Å²) in [5.41, 5.74) is 0.604. The van der Waals surface area contributed by atoms with Crippen LogP contribution in [0.5, 0.6) is 0 Å². The summed E-state index contributed by atoms with van der Waals surface area (Å²) in [4.78, 5) is 22.7. The number of amides is 1. The zero-order chi connectivity index (χ0) is 16.9. The molecule has 5 nitrogen and oxygen atoms in total. The van der Waals surface area contributed by atoms with Gasteiger partial charge in [0.1, 0.15) is 0 Å². The van der Waals surface area contributed by atoms with Gasteiger partial charge in [0.25, 0.3) is 5.91 Å². The van der Waals surface area contributed by atoms with E-state index < -0.39 is 0 Å². The Labute approximate surface area is 147 Å². The number of hydrogen-bond donors (Lipinski definition) is 1. The molecule has 0 spiro atoms. The molecular weight excluding hydrogens is 320 g/mol. The van der Waals surface area contributed by atoms with Gasteiger partial charge < -0.3 is 10.2 Å². The summed E-state index contributed by atoms with van der Waals surface area (Å²) in [6.07, 6.45) is 3.29. The molecule has 3 heterocycles. The van der Waals surface area contributed by atoms with Crippen molar-refractivity contribution in [1.82, 2.24) is 20.1 Å². The van der Waals surface area contributed by atoms with Gasteiger partial charge in [0, 0.05) is 49.5 Å². The Morgan fingerprint density at radius 1 is 1.25 bits per heavy atom. The van der Waals surface area contributed by atoms with Crippen molar-refractivity contribution in [3.8, 4) is 0 Å². The van der Waals surface area contributed by atoms with Crippen molar-refractivity contribution in [2.75, 3.05) is 33.2 Å². The largest absolute Gasteiger partial charge is 0.348 e. The highest BCUT2D eigenvalue weighted by Gasteiger charge is 2.30. The van der Waals surface area contributed by atoms with Gasteiger partial charge >= 0.3 is 0 Å². The molecule has 0 unspecified atom stereocenters. The first kappa shape index (κ1) is 17.1. The number of carbonyl (C=O) groups excluding carboxylic acids is 1. The van der Waals surface area contributed by atoms with Gasteiger partial charge in [0.2, 0.25) is 0 Å². The summed E-state index contributed by atoms with van der Waals surface area (Å²) in [7, 11) is 2.16. The monoisotopic (exact) mass is 344 g/mol. The smallest absolute Gasteiger partial charge is 0.253 e. The van der Waals surface area contributed by atoms with Gasteiger partial charge in [-0.1, -0.05) is 6.07 Å². The Balaban J connectivity index is 1.74. The maximum absolute atomic E-state index is 12.5. The van der Waals surface area contributed by atoms with E-state index >= 15 is 0 Å². The first-order chi connectivity index (χ1) is 11.6. The van der Waals surface area contributed by atoms with Crippen LogP contribution >= 0.6 is 11.3 Å². The Kier molecular flexibility index (Phi) is 5.60. The van der Waals surface area contributed by atoms with Crippen LogP contribution in [0.15, 0.2) is 42.0 Å². The van der Waals surface area contributed by atoms with E-state index in [0.29, 0.717) is 5.56 Å². The van der Waals surface area contributed by atoms with Crippen LogP contribution in [-0.2, 0) is 0 Å². The molecule has 1 saturated heterocycles. The van der Waals surface area contributed by atoms with Crippen LogP contribution in [0.2, 0.25) is 0 Å². The number of rotatable bonds is 5. The van der Waals surface area contributed by atoms with Crippen molar-refractivity contribution >= 4 is 17.2 Å². The molecule has 0 radical (unpaired) electrons. The van der Waals surface area contributed by atoms with E-state index in [1.54, 1.807) is 35.9 Å². The molecule has 1 amide bonds. The molecule has 3 rings (SSSR count). The molecule has 0 aliphatic carbocycles. The third kappa shape index (κ3) is 4.01. The van der Waals surface area contributed by atoms with Gasteiger partial charge in [0.15, 0.2) is 0 Å². The second-order valence-corrected chi connectivity index (χ2v) is 7.28. The molecular formula is C18H24N4OS. The Hall–Kier alpha value is -1.76. The fraction of sp³-hybridized carbons (Fsp3) is 0.444.